The highest BCUT2D eigenvalue weighted by molar-refractivity contribution is 5.77. The molecule has 0 spiro atoms. The first-order chi connectivity index (χ1) is 10.1. The minimum absolute atomic E-state index is 0.644. The monoisotopic (exact) mass is 286 g/mol. The molecule has 110 valence electrons. The number of ether oxygens (including phenoxy) is 1. The summed E-state index contributed by atoms with van der Waals surface area (Å²) in [7, 11) is 3.53. The third-order valence-corrected chi connectivity index (χ3v) is 3.45. The molecule has 0 aliphatic heterocycles. The maximum absolute atomic E-state index is 5.47. The summed E-state index contributed by atoms with van der Waals surface area (Å²) in [5.74, 6) is 1.45. The number of hydrogen-bond donors (Lipinski definition) is 1. The van der Waals surface area contributed by atoms with E-state index in [0.717, 1.165) is 33.9 Å². The van der Waals surface area contributed by atoms with E-state index in [9.17, 15) is 0 Å². The van der Waals surface area contributed by atoms with Crippen LogP contribution in [0.1, 0.15) is 17.1 Å². The van der Waals surface area contributed by atoms with Gasteiger partial charge in [-0.1, -0.05) is 0 Å². The van der Waals surface area contributed by atoms with Gasteiger partial charge in [-0.3, -0.25) is 0 Å². The molecule has 0 amide bonds. The highest BCUT2D eigenvalue weighted by Crippen LogP contribution is 2.24. The Labute approximate surface area is 122 Å². The minimum Gasteiger partial charge on any atom is -0.481 e. The number of nitrogens with one attached hydrogen (secondary N) is 1. The minimum atomic E-state index is 0.644. The molecule has 0 saturated heterocycles. The molecule has 0 bridgehead atoms. The van der Waals surface area contributed by atoms with E-state index in [0.29, 0.717) is 12.4 Å². The number of methoxy groups -OCH3 is 1. The normalized spacial score (nSPS) is 11.0. The lowest BCUT2D eigenvalue weighted by Crippen LogP contribution is -2.02. The van der Waals surface area contributed by atoms with E-state index in [1.807, 2.05) is 39.1 Å². The molecule has 0 fully saturated rings. The summed E-state index contributed by atoms with van der Waals surface area (Å²) in [5, 5.41) is 7.75. The summed E-state index contributed by atoms with van der Waals surface area (Å²) in [6.45, 7) is 4.46. The van der Waals surface area contributed by atoms with Crippen LogP contribution in [0.3, 0.4) is 0 Å². The molecule has 0 unspecified atom stereocenters. The van der Waals surface area contributed by atoms with E-state index in [-0.39, 0.29) is 0 Å². The van der Waals surface area contributed by atoms with Crippen LogP contribution < -0.4 is 10.1 Å². The second-order valence-corrected chi connectivity index (χ2v) is 4.97. The van der Waals surface area contributed by atoms with Crippen LogP contribution in [-0.4, -0.2) is 21.9 Å². The summed E-state index contributed by atoms with van der Waals surface area (Å²) in [5.41, 5.74) is 4.65. The van der Waals surface area contributed by atoms with Gasteiger partial charge in [0.1, 0.15) is 5.52 Å². The van der Waals surface area contributed by atoms with Gasteiger partial charge in [0.05, 0.1) is 18.4 Å². The van der Waals surface area contributed by atoms with E-state index in [1.54, 1.807) is 11.8 Å². The Morgan fingerprint density at radius 1 is 1.33 bits per heavy atom. The summed E-state index contributed by atoms with van der Waals surface area (Å²) < 4.78 is 12.6. The lowest BCUT2D eigenvalue weighted by Gasteiger charge is -2.08. The van der Waals surface area contributed by atoms with Gasteiger partial charge in [0.25, 0.3) is 0 Å². The number of aryl methyl sites for hydroxylation is 3. The van der Waals surface area contributed by atoms with Gasteiger partial charge >= 0.3 is 0 Å². The van der Waals surface area contributed by atoms with E-state index in [2.05, 4.69) is 15.4 Å². The summed E-state index contributed by atoms with van der Waals surface area (Å²) in [6, 6.07) is 5.88. The fraction of sp³-hybridized carbons (Fsp3) is 0.333. The maximum Gasteiger partial charge on any atom is 0.216 e. The van der Waals surface area contributed by atoms with E-state index in [1.165, 1.54) is 0 Å². The molecule has 0 atom stereocenters. The Morgan fingerprint density at radius 2 is 2.14 bits per heavy atom. The van der Waals surface area contributed by atoms with Crippen molar-refractivity contribution in [3.05, 3.63) is 35.3 Å². The number of rotatable bonds is 4. The van der Waals surface area contributed by atoms with Crippen LogP contribution in [0.25, 0.3) is 11.1 Å². The zero-order chi connectivity index (χ0) is 15.0. The Bertz CT molecular complexity index is 788. The van der Waals surface area contributed by atoms with Gasteiger partial charge in [-0.05, 0) is 25.1 Å². The van der Waals surface area contributed by atoms with E-state index < -0.39 is 0 Å². The molecule has 0 aliphatic rings. The number of oxazole rings is 1. The van der Waals surface area contributed by atoms with Crippen molar-refractivity contribution in [2.45, 2.75) is 20.4 Å². The molecule has 6 nitrogen and oxygen atoms in total. The maximum atomic E-state index is 5.47. The van der Waals surface area contributed by atoms with Crippen molar-refractivity contribution in [3.8, 4) is 5.88 Å². The first-order valence-electron chi connectivity index (χ1n) is 6.76. The summed E-state index contributed by atoms with van der Waals surface area (Å²) in [6.07, 6.45) is 0. The molecule has 3 rings (SSSR count). The van der Waals surface area contributed by atoms with Crippen LogP contribution in [0.4, 0.5) is 5.69 Å². The lowest BCUT2D eigenvalue weighted by atomic mass is 10.2. The van der Waals surface area contributed by atoms with Gasteiger partial charge in [-0.25, -0.2) is 9.67 Å². The fourth-order valence-corrected chi connectivity index (χ4v) is 2.48. The number of nitrogens with zero attached hydrogens (tertiary/aromatic N) is 3. The fourth-order valence-electron chi connectivity index (χ4n) is 2.48. The van der Waals surface area contributed by atoms with Crippen molar-refractivity contribution < 1.29 is 9.15 Å². The quantitative estimate of drug-likeness (QED) is 0.799. The molecule has 0 saturated carbocycles. The SMILES string of the molecule is COc1c(CNc2ccc3oc(C)nc3c2)c(C)nn1C. The molecule has 6 heteroatoms. The van der Waals surface area contributed by atoms with Crippen molar-refractivity contribution >= 4 is 16.8 Å². The van der Waals surface area contributed by atoms with Crippen molar-refractivity contribution in [1.29, 1.82) is 0 Å². The Balaban J connectivity index is 1.83. The Hall–Kier alpha value is -2.50. The van der Waals surface area contributed by atoms with Crippen LogP contribution in [0.15, 0.2) is 22.6 Å². The van der Waals surface area contributed by atoms with Crippen LogP contribution in [0, 0.1) is 13.8 Å². The Kier molecular flexibility index (Phi) is 3.29. The van der Waals surface area contributed by atoms with E-state index in [4.69, 9.17) is 9.15 Å². The van der Waals surface area contributed by atoms with Crippen molar-refractivity contribution in [1.82, 2.24) is 14.8 Å². The number of benzene rings is 1. The topological polar surface area (TPSA) is 65.1 Å². The molecule has 21 heavy (non-hydrogen) atoms. The molecular weight excluding hydrogens is 268 g/mol. The molecule has 3 aromatic rings. The van der Waals surface area contributed by atoms with Crippen molar-refractivity contribution in [2.24, 2.45) is 7.05 Å². The smallest absolute Gasteiger partial charge is 0.216 e. The van der Waals surface area contributed by atoms with Crippen LogP contribution in [-0.2, 0) is 13.6 Å². The molecule has 2 heterocycles. The van der Waals surface area contributed by atoms with Gasteiger partial charge in [0.2, 0.25) is 5.88 Å². The van der Waals surface area contributed by atoms with E-state index >= 15 is 0 Å². The number of anilines is 1. The standard InChI is InChI=1S/C15H18N4O2/c1-9-12(15(20-4)19(3)18-9)8-16-11-5-6-14-13(7-11)17-10(2)21-14/h5-7,16H,8H2,1-4H3. The summed E-state index contributed by atoms with van der Waals surface area (Å²) in [4.78, 5) is 4.34. The highest BCUT2D eigenvalue weighted by Gasteiger charge is 2.13. The van der Waals surface area contributed by atoms with Gasteiger partial charge in [-0.15, -0.1) is 0 Å². The predicted octanol–water partition coefficient (Wildman–Crippen LogP) is 2.80. The highest BCUT2D eigenvalue weighted by atomic mass is 16.5. The zero-order valence-electron chi connectivity index (χ0n) is 12.6. The van der Waals surface area contributed by atoms with Crippen LogP contribution in [0.2, 0.25) is 0 Å². The molecular formula is C15H18N4O2. The zero-order valence-corrected chi connectivity index (χ0v) is 12.6. The molecule has 2 aromatic heterocycles. The average Bonchev–Trinajstić information content (AvgIpc) is 2.94. The third-order valence-electron chi connectivity index (χ3n) is 3.45. The van der Waals surface area contributed by atoms with Crippen molar-refractivity contribution in [2.75, 3.05) is 12.4 Å². The third kappa shape index (κ3) is 2.44. The molecule has 1 N–H and O–H groups in total. The number of hydrogen-bond acceptors (Lipinski definition) is 5. The molecule has 1 aromatic carbocycles. The molecule has 0 radical (unpaired) electrons. The average molecular weight is 286 g/mol. The number of aromatic nitrogens is 3. The van der Waals surface area contributed by atoms with Gasteiger partial charge < -0.3 is 14.5 Å². The van der Waals surface area contributed by atoms with Gasteiger partial charge in [0, 0.05) is 26.2 Å². The largest absolute Gasteiger partial charge is 0.481 e. The first kappa shape index (κ1) is 13.5. The van der Waals surface area contributed by atoms with Gasteiger partial charge in [-0.2, -0.15) is 5.10 Å². The second-order valence-electron chi connectivity index (χ2n) is 4.97. The first-order valence-corrected chi connectivity index (χ1v) is 6.76. The predicted molar refractivity (Wildman–Crippen MR) is 80.6 cm³/mol. The second kappa shape index (κ2) is 5.12. The van der Waals surface area contributed by atoms with Crippen molar-refractivity contribution in [3.63, 3.8) is 0 Å². The Morgan fingerprint density at radius 3 is 2.90 bits per heavy atom. The van der Waals surface area contributed by atoms with Gasteiger partial charge in [0.15, 0.2) is 11.5 Å². The lowest BCUT2D eigenvalue weighted by molar-refractivity contribution is 0.370. The summed E-state index contributed by atoms with van der Waals surface area (Å²) >= 11 is 0. The van der Waals surface area contributed by atoms with Crippen LogP contribution >= 0.6 is 0 Å². The molecule has 0 aliphatic carbocycles. The number of fused-ring (bicyclic) bond motifs is 1. The van der Waals surface area contributed by atoms with Crippen LogP contribution in [0.5, 0.6) is 5.88 Å².